The first-order valence-corrected chi connectivity index (χ1v) is 14.2. The SMILES string of the molecule is C[C@@H]1C[C@@H](C)CN(c2cc(N3CCN(c4ccccc4)CC3)nc(NC(=S)NCc3ccccc3Cl)n2)C1. The first-order chi connectivity index (χ1) is 18.4. The van der Waals surface area contributed by atoms with E-state index in [1.54, 1.807) is 0 Å². The number of anilines is 4. The van der Waals surface area contributed by atoms with E-state index in [4.69, 9.17) is 33.8 Å². The maximum Gasteiger partial charge on any atom is 0.232 e. The molecule has 2 aliphatic heterocycles. The van der Waals surface area contributed by atoms with Crippen LogP contribution in [0.3, 0.4) is 0 Å². The van der Waals surface area contributed by atoms with Gasteiger partial charge in [-0.15, -0.1) is 0 Å². The van der Waals surface area contributed by atoms with Crippen LogP contribution < -0.4 is 25.3 Å². The van der Waals surface area contributed by atoms with Crippen molar-refractivity contribution in [2.45, 2.75) is 26.8 Å². The monoisotopic (exact) mass is 549 g/mol. The van der Waals surface area contributed by atoms with Gasteiger partial charge in [0.2, 0.25) is 5.95 Å². The van der Waals surface area contributed by atoms with E-state index in [-0.39, 0.29) is 0 Å². The summed E-state index contributed by atoms with van der Waals surface area (Å²) in [6, 6.07) is 20.5. The highest BCUT2D eigenvalue weighted by Crippen LogP contribution is 2.29. The molecule has 0 saturated carbocycles. The molecule has 0 unspecified atom stereocenters. The minimum atomic E-state index is 0.474. The number of para-hydroxylation sites is 1. The first kappa shape index (κ1) is 26.5. The summed E-state index contributed by atoms with van der Waals surface area (Å²) in [6.45, 7) is 10.8. The Morgan fingerprint density at radius 2 is 1.47 bits per heavy atom. The summed E-state index contributed by atoms with van der Waals surface area (Å²) in [5, 5.41) is 7.67. The van der Waals surface area contributed by atoms with Gasteiger partial charge in [0.1, 0.15) is 11.6 Å². The fraction of sp³-hybridized carbons (Fsp3) is 0.414. The van der Waals surface area contributed by atoms with E-state index in [1.807, 2.05) is 24.3 Å². The van der Waals surface area contributed by atoms with Gasteiger partial charge in [-0.3, -0.25) is 0 Å². The summed E-state index contributed by atoms with van der Waals surface area (Å²) >= 11 is 11.9. The maximum absolute atomic E-state index is 6.31. The molecule has 200 valence electrons. The molecule has 0 aliphatic carbocycles. The van der Waals surface area contributed by atoms with Crippen LogP contribution >= 0.6 is 23.8 Å². The third-order valence-electron chi connectivity index (χ3n) is 7.24. The van der Waals surface area contributed by atoms with Crippen LogP contribution in [-0.2, 0) is 6.54 Å². The van der Waals surface area contributed by atoms with E-state index in [2.05, 4.69) is 75.6 Å². The van der Waals surface area contributed by atoms with Crippen molar-refractivity contribution in [1.29, 1.82) is 0 Å². The minimum absolute atomic E-state index is 0.474. The number of hydrogen-bond acceptors (Lipinski definition) is 6. The Kier molecular flexibility index (Phi) is 8.49. The quantitative estimate of drug-likeness (QED) is 0.395. The van der Waals surface area contributed by atoms with Gasteiger partial charge >= 0.3 is 0 Å². The van der Waals surface area contributed by atoms with Crippen LogP contribution in [0, 0.1) is 11.8 Å². The third kappa shape index (κ3) is 6.66. The second-order valence-corrected chi connectivity index (χ2v) is 11.3. The van der Waals surface area contributed by atoms with Crippen LogP contribution in [0.5, 0.6) is 0 Å². The number of benzene rings is 2. The van der Waals surface area contributed by atoms with Gasteiger partial charge in [0, 0.05) is 62.6 Å². The molecular weight excluding hydrogens is 514 g/mol. The predicted octanol–water partition coefficient (Wildman–Crippen LogP) is 5.43. The fourth-order valence-corrected chi connectivity index (χ4v) is 5.81. The minimum Gasteiger partial charge on any atom is -0.368 e. The average Bonchev–Trinajstić information content (AvgIpc) is 2.92. The van der Waals surface area contributed by atoms with E-state index >= 15 is 0 Å². The fourth-order valence-electron chi connectivity index (χ4n) is 5.45. The number of piperidine rings is 1. The van der Waals surface area contributed by atoms with Crippen molar-refractivity contribution in [2.24, 2.45) is 11.8 Å². The Morgan fingerprint density at radius 1 is 0.868 bits per heavy atom. The largest absolute Gasteiger partial charge is 0.368 e. The van der Waals surface area contributed by atoms with E-state index in [0.29, 0.717) is 34.5 Å². The zero-order chi connectivity index (χ0) is 26.5. The van der Waals surface area contributed by atoms with Crippen LogP contribution in [-0.4, -0.2) is 54.3 Å². The summed E-state index contributed by atoms with van der Waals surface area (Å²) in [5.41, 5.74) is 2.25. The Hall–Kier alpha value is -3.10. The standard InChI is InChI=1S/C29H36ClN7S/c1-21-16-22(2)20-37(19-21)27-17-26(36-14-12-35(13-15-36)24-9-4-3-5-10-24)32-28(33-27)34-29(38)31-18-23-8-6-7-11-25(23)30/h3-11,17,21-22H,12-16,18-20H2,1-2H3,(H2,31,32,33,34,38)/t21-,22-/m1/s1. The number of hydrogen-bond donors (Lipinski definition) is 2. The van der Waals surface area contributed by atoms with E-state index in [0.717, 1.165) is 56.5 Å². The summed E-state index contributed by atoms with van der Waals surface area (Å²) in [7, 11) is 0. The Labute approximate surface area is 236 Å². The summed E-state index contributed by atoms with van der Waals surface area (Å²) in [5.74, 6) is 3.66. The van der Waals surface area contributed by atoms with Gasteiger partial charge in [0.25, 0.3) is 0 Å². The zero-order valence-electron chi connectivity index (χ0n) is 22.1. The molecule has 2 aromatic carbocycles. The second-order valence-electron chi connectivity index (χ2n) is 10.5. The van der Waals surface area contributed by atoms with Gasteiger partial charge in [0.15, 0.2) is 5.11 Å². The van der Waals surface area contributed by atoms with Crippen LogP contribution in [0.2, 0.25) is 5.02 Å². The van der Waals surface area contributed by atoms with Crippen LogP contribution in [0.25, 0.3) is 0 Å². The van der Waals surface area contributed by atoms with Gasteiger partial charge in [-0.05, 0) is 54.2 Å². The number of nitrogens with zero attached hydrogens (tertiary/aromatic N) is 5. The summed E-state index contributed by atoms with van der Waals surface area (Å²) in [4.78, 5) is 17.0. The van der Waals surface area contributed by atoms with Gasteiger partial charge in [-0.2, -0.15) is 9.97 Å². The zero-order valence-corrected chi connectivity index (χ0v) is 23.7. The highest BCUT2D eigenvalue weighted by Gasteiger charge is 2.25. The Balaban J connectivity index is 1.32. The molecule has 2 N–H and O–H groups in total. The number of rotatable bonds is 6. The molecule has 0 radical (unpaired) electrons. The number of piperazine rings is 1. The number of thiocarbonyl (C=S) groups is 1. The molecule has 2 saturated heterocycles. The van der Waals surface area contributed by atoms with Crippen molar-refractivity contribution < 1.29 is 0 Å². The molecule has 38 heavy (non-hydrogen) atoms. The topological polar surface area (TPSA) is 59.6 Å². The third-order valence-corrected chi connectivity index (χ3v) is 7.85. The van der Waals surface area contributed by atoms with Crippen molar-refractivity contribution in [2.75, 3.05) is 59.3 Å². The lowest BCUT2D eigenvalue weighted by molar-refractivity contribution is 0.355. The van der Waals surface area contributed by atoms with Gasteiger partial charge in [-0.25, -0.2) is 0 Å². The molecule has 0 spiro atoms. The van der Waals surface area contributed by atoms with Crippen molar-refractivity contribution in [3.05, 3.63) is 71.2 Å². The van der Waals surface area contributed by atoms with Crippen LogP contribution in [0.1, 0.15) is 25.8 Å². The molecule has 5 rings (SSSR count). The second kappa shape index (κ2) is 12.2. The highest BCUT2D eigenvalue weighted by atomic mass is 35.5. The number of nitrogens with one attached hydrogen (secondary N) is 2. The molecule has 3 heterocycles. The molecule has 1 aromatic heterocycles. The molecule has 2 atom stereocenters. The van der Waals surface area contributed by atoms with Crippen LogP contribution in [0.4, 0.5) is 23.3 Å². The van der Waals surface area contributed by atoms with Crippen molar-refractivity contribution in [3.8, 4) is 0 Å². The molecule has 2 aliphatic rings. The highest BCUT2D eigenvalue weighted by molar-refractivity contribution is 7.80. The first-order valence-electron chi connectivity index (χ1n) is 13.4. The Bertz CT molecular complexity index is 1220. The molecule has 2 fully saturated rings. The average molecular weight is 550 g/mol. The van der Waals surface area contributed by atoms with Crippen molar-refractivity contribution in [3.63, 3.8) is 0 Å². The van der Waals surface area contributed by atoms with E-state index in [9.17, 15) is 0 Å². The van der Waals surface area contributed by atoms with Gasteiger partial charge < -0.3 is 25.3 Å². The number of aromatic nitrogens is 2. The van der Waals surface area contributed by atoms with Crippen LogP contribution in [0.15, 0.2) is 60.7 Å². The molecule has 0 amide bonds. The summed E-state index contributed by atoms with van der Waals surface area (Å²) in [6.07, 6.45) is 1.25. The van der Waals surface area contributed by atoms with Crippen molar-refractivity contribution in [1.82, 2.24) is 15.3 Å². The van der Waals surface area contributed by atoms with E-state index in [1.165, 1.54) is 12.1 Å². The van der Waals surface area contributed by atoms with Gasteiger partial charge in [0.05, 0.1) is 0 Å². The molecule has 7 nitrogen and oxygen atoms in total. The Morgan fingerprint density at radius 3 is 2.16 bits per heavy atom. The number of halogens is 1. The lowest BCUT2D eigenvalue weighted by Crippen LogP contribution is -2.47. The summed E-state index contributed by atoms with van der Waals surface area (Å²) < 4.78 is 0. The van der Waals surface area contributed by atoms with Crippen molar-refractivity contribution >= 4 is 52.2 Å². The predicted molar refractivity (Wildman–Crippen MR) is 163 cm³/mol. The molecular formula is C29H36ClN7S. The molecule has 3 aromatic rings. The lowest BCUT2D eigenvalue weighted by Gasteiger charge is -2.38. The van der Waals surface area contributed by atoms with E-state index < -0.39 is 0 Å². The normalized spacial score (nSPS) is 19.8. The van der Waals surface area contributed by atoms with Gasteiger partial charge in [-0.1, -0.05) is 61.8 Å². The maximum atomic E-state index is 6.31. The molecule has 0 bridgehead atoms. The smallest absolute Gasteiger partial charge is 0.232 e. The molecule has 9 heteroatoms. The lowest BCUT2D eigenvalue weighted by atomic mass is 9.92.